The first-order valence-corrected chi connectivity index (χ1v) is 5.56. The van der Waals surface area contributed by atoms with Gasteiger partial charge in [0.25, 0.3) is 5.56 Å². The van der Waals surface area contributed by atoms with Crippen LogP contribution in [0.2, 0.25) is 0 Å². The van der Waals surface area contributed by atoms with Crippen LogP contribution in [0, 0.1) is 0 Å². The molecule has 0 aliphatic rings. The van der Waals surface area contributed by atoms with Gasteiger partial charge in [0.05, 0.1) is 5.69 Å². The Morgan fingerprint density at radius 1 is 0.833 bits per heavy atom. The number of hydrogen-bond donors (Lipinski definition) is 2. The first-order chi connectivity index (χ1) is 8.74. The summed E-state index contributed by atoms with van der Waals surface area (Å²) in [6.45, 7) is 0. The van der Waals surface area contributed by atoms with Gasteiger partial charge in [-0.15, -0.1) is 0 Å². The molecule has 0 saturated heterocycles. The molecule has 4 nitrogen and oxygen atoms in total. The van der Waals surface area contributed by atoms with E-state index in [0.717, 1.165) is 16.3 Å². The Morgan fingerprint density at radius 3 is 2.44 bits per heavy atom. The molecular formula is C14H10N2O2. The van der Waals surface area contributed by atoms with Crippen molar-refractivity contribution in [2.75, 3.05) is 0 Å². The Balaban J connectivity index is 2.38. The van der Waals surface area contributed by atoms with E-state index in [1.165, 1.54) is 6.07 Å². The zero-order chi connectivity index (χ0) is 12.5. The normalized spacial score (nSPS) is 10.7. The molecule has 0 aliphatic heterocycles. The molecule has 0 atom stereocenters. The molecule has 3 aromatic rings. The molecule has 0 aliphatic carbocycles. The summed E-state index contributed by atoms with van der Waals surface area (Å²) in [5.41, 5.74) is 0.476. The summed E-state index contributed by atoms with van der Waals surface area (Å²) in [5.74, 6) is 0. The number of hydrogen-bond acceptors (Lipinski definition) is 2. The van der Waals surface area contributed by atoms with Crippen molar-refractivity contribution in [1.29, 1.82) is 0 Å². The summed E-state index contributed by atoms with van der Waals surface area (Å²) < 4.78 is 0. The molecular weight excluding hydrogens is 228 g/mol. The van der Waals surface area contributed by atoms with E-state index in [1.807, 2.05) is 42.5 Å². The van der Waals surface area contributed by atoms with Crippen molar-refractivity contribution in [3.05, 3.63) is 69.4 Å². The second-order valence-electron chi connectivity index (χ2n) is 4.03. The van der Waals surface area contributed by atoms with E-state index in [4.69, 9.17) is 0 Å². The second-order valence-corrected chi connectivity index (χ2v) is 4.03. The highest BCUT2D eigenvalue weighted by molar-refractivity contribution is 5.95. The molecule has 3 rings (SSSR count). The number of H-pyrrole nitrogens is 2. The molecule has 1 aromatic heterocycles. The van der Waals surface area contributed by atoms with Crippen LogP contribution in [0.3, 0.4) is 0 Å². The monoisotopic (exact) mass is 238 g/mol. The molecule has 1 heterocycles. The molecule has 18 heavy (non-hydrogen) atoms. The van der Waals surface area contributed by atoms with Crippen molar-refractivity contribution >= 4 is 10.8 Å². The SMILES string of the molecule is O=c1cc(-c2cccc3ccccc23)[nH]c(=O)[nH]1. The van der Waals surface area contributed by atoms with Crippen LogP contribution in [0.4, 0.5) is 0 Å². The van der Waals surface area contributed by atoms with Gasteiger partial charge in [0.15, 0.2) is 0 Å². The summed E-state index contributed by atoms with van der Waals surface area (Å²) >= 11 is 0. The maximum absolute atomic E-state index is 11.3. The van der Waals surface area contributed by atoms with Gasteiger partial charge in [-0.2, -0.15) is 0 Å². The maximum Gasteiger partial charge on any atom is 0.326 e. The fourth-order valence-corrected chi connectivity index (χ4v) is 2.07. The molecule has 2 N–H and O–H groups in total. The van der Waals surface area contributed by atoms with Crippen molar-refractivity contribution in [2.45, 2.75) is 0 Å². The second kappa shape index (κ2) is 4.00. The van der Waals surface area contributed by atoms with E-state index in [-0.39, 0.29) is 0 Å². The number of benzene rings is 2. The third-order valence-corrected chi connectivity index (χ3v) is 2.84. The number of aromatic nitrogens is 2. The predicted octanol–water partition coefficient (Wildman–Crippen LogP) is 1.88. The van der Waals surface area contributed by atoms with Crippen LogP contribution in [0.15, 0.2) is 58.1 Å². The minimum Gasteiger partial charge on any atom is -0.307 e. The van der Waals surface area contributed by atoms with Gasteiger partial charge in [0.2, 0.25) is 0 Å². The van der Waals surface area contributed by atoms with Gasteiger partial charge in [-0.3, -0.25) is 9.78 Å². The minimum atomic E-state index is -0.495. The highest BCUT2D eigenvalue weighted by Gasteiger charge is 2.04. The highest BCUT2D eigenvalue weighted by Crippen LogP contribution is 2.25. The van der Waals surface area contributed by atoms with Crippen LogP contribution in [0.1, 0.15) is 0 Å². The van der Waals surface area contributed by atoms with Crippen molar-refractivity contribution in [3.63, 3.8) is 0 Å². The Kier molecular flexibility index (Phi) is 2.34. The number of aromatic amines is 2. The summed E-state index contributed by atoms with van der Waals surface area (Å²) in [5, 5.41) is 2.07. The van der Waals surface area contributed by atoms with Crippen LogP contribution in [0.5, 0.6) is 0 Å². The fraction of sp³-hybridized carbons (Fsp3) is 0. The summed E-state index contributed by atoms with van der Waals surface area (Å²) in [7, 11) is 0. The topological polar surface area (TPSA) is 65.7 Å². The van der Waals surface area contributed by atoms with E-state index in [9.17, 15) is 9.59 Å². The molecule has 0 unspecified atom stereocenters. The van der Waals surface area contributed by atoms with Gasteiger partial charge >= 0.3 is 5.69 Å². The van der Waals surface area contributed by atoms with Gasteiger partial charge in [0, 0.05) is 11.6 Å². The van der Waals surface area contributed by atoms with Crippen LogP contribution in [-0.2, 0) is 0 Å². The van der Waals surface area contributed by atoms with Crippen LogP contribution < -0.4 is 11.2 Å². The van der Waals surface area contributed by atoms with Crippen molar-refractivity contribution < 1.29 is 0 Å². The first-order valence-electron chi connectivity index (χ1n) is 5.56. The highest BCUT2D eigenvalue weighted by atomic mass is 16.2. The van der Waals surface area contributed by atoms with Gasteiger partial charge in [-0.25, -0.2) is 4.79 Å². The van der Waals surface area contributed by atoms with E-state index in [2.05, 4.69) is 9.97 Å². The number of fused-ring (bicyclic) bond motifs is 1. The quantitative estimate of drug-likeness (QED) is 0.679. The summed E-state index contributed by atoms with van der Waals surface area (Å²) in [4.78, 5) is 27.5. The Bertz CT molecular complexity index is 797. The zero-order valence-electron chi connectivity index (χ0n) is 9.44. The summed E-state index contributed by atoms with van der Waals surface area (Å²) in [6.07, 6.45) is 0. The molecule has 0 fully saturated rings. The van der Waals surface area contributed by atoms with E-state index >= 15 is 0 Å². The van der Waals surface area contributed by atoms with E-state index in [0.29, 0.717) is 5.69 Å². The lowest BCUT2D eigenvalue weighted by atomic mass is 10.0. The van der Waals surface area contributed by atoms with Gasteiger partial charge < -0.3 is 4.98 Å². The van der Waals surface area contributed by atoms with Crippen LogP contribution in [-0.4, -0.2) is 9.97 Å². The van der Waals surface area contributed by atoms with E-state index in [1.54, 1.807) is 0 Å². The number of rotatable bonds is 1. The molecule has 0 saturated carbocycles. The third-order valence-electron chi connectivity index (χ3n) is 2.84. The lowest BCUT2D eigenvalue weighted by Gasteiger charge is -2.05. The molecule has 88 valence electrons. The molecule has 0 amide bonds. The summed E-state index contributed by atoms with van der Waals surface area (Å²) in [6, 6.07) is 15.0. The number of nitrogens with one attached hydrogen (secondary N) is 2. The smallest absolute Gasteiger partial charge is 0.307 e. The zero-order valence-corrected chi connectivity index (χ0v) is 9.44. The Hall–Kier alpha value is -2.62. The third kappa shape index (κ3) is 1.73. The van der Waals surface area contributed by atoms with Crippen molar-refractivity contribution in [2.24, 2.45) is 0 Å². The molecule has 0 bridgehead atoms. The lowest BCUT2D eigenvalue weighted by Crippen LogP contribution is -2.21. The predicted molar refractivity (Wildman–Crippen MR) is 70.6 cm³/mol. The van der Waals surface area contributed by atoms with Gasteiger partial charge in [-0.05, 0) is 10.8 Å². The molecule has 0 radical (unpaired) electrons. The molecule has 0 spiro atoms. The molecule has 4 heteroatoms. The minimum absolute atomic E-state index is 0.401. The maximum atomic E-state index is 11.3. The van der Waals surface area contributed by atoms with Crippen LogP contribution >= 0.6 is 0 Å². The fourth-order valence-electron chi connectivity index (χ4n) is 2.07. The standard InChI is InChI=1S/C14H10N2O2/c17-13-8-12(15-14(18)16-13)11-7-3-5-9-4-1-2-6-10(9)11/h1-8H,(H2,15,16,17,18). The average Bonchev–Trinajstić information content (AvgIpc) is 2.37. The van der Waals surface area contributed by atoms with Crippen molar-refractivity contribution in [3.8, 4) is 11.3 Å². The van der Waals surface area contributed by atoms with Gasteiger partial charge in [0.1, 0.15) is 0 Å². The largest absolute Gasteiger partial charge is 0.326 e. The average molecular weight is 238 g/mol. The lowest BCUT2D eigenvalue weighted by molar-refractivity contribution is 1.04. The van der Waals surface area contributed by atoms with Crippen molar-refractivity contribution in [1.82, 2.24) is 9.97 Å². The Labute approximate surface area is 102 Å². The van der Waals surface area contributed by atoms with E-state index < -0.39 is 11.2 Å². The Morgan fingerprint density at radius 2 is 1.61 bits per heavy atom. The first kappa shape index (κ1) is 10.5. The van der Waals surface area contributed by atoms with Gasteiger partial charge in [-0.1, -0.05) is 42.5 Å². The molecule has 2 aromatic carbocycles. The van der Waals surface area contributed by atoms with Crippen LogP contribution in [0.25, 0.3) is 22.0 Å².